The van der Waals surface area contributed by atoms with Crippen LogP contribution in [0.25, 0.3) is 0 Å². The number of fused-ring (bicyclic) bond motifs is 1. The molecule has 0 radical (unpaired) electrons. The highest BCUT2D eigenvalue weighted by molar-refractivity contribution is 6.65. The van der Waals surface area contributed by atoms with Crippen LogP contribution in [0.2, 0.25) is 0 Å². The molecule has 0 saturated carbocycles. The molecule has 3 aliphatic rings. The van der Waals surface area contributed by atoms with Gasteiger partial charge in [0.2, 0.25) is 5.24 Å². The summed E-state index contributed by atoms with van der Waals surface area (Å²) in [5.74, 6) is -0.186. The molecule has 3 aliphatic carbocycles. The highest BCUT2D eigenvalue weighted by Gasteiger charge is 2.56. The lowest BCUT2D eigenvalue weighted by molar-refractivity contribution is -0.119. The first-order valence-electron chi connectivity index (χ1n) is 6.98. The van der Waals surface area contributed by atoms with Gasteiger partial charge in [-0.2, -0.15) is 5.26 Å². The maximum absolute atomic E-state index is 12.1. The molecule has 0 aromatic heterocycles. The summed E-state index contributed by atoms with van der Waals surface area (Å²) in [5.41, 5.74) is 3.45. The number of halogens is 1. The van der Waals surface area contributed by atoms with Crippen LogP contribution in [0, 0.1) is 16.7 Å². The minimum Gasteiger partial charge on any atom is -0.279 e. The lowest BCUT2D eigenvalue weighted by Crippen LogP contribution is -2.44. The predicted octanol–water partition coefficient (Wildman–Crippen LogP) is 3.94. The van der Waals surface area contributed by atoms with E-state index in [0.29, 0.717) is 6.42 Å². The van der Waals surface area contributed by atoms with Crippen LogP contribution >= 0.6 is 11.6 Å². The zero-order chi connectivity index (χ0) is 14.6. The fourth-order valence-corrected chi connectivity index (χ4v) is 4.28. The van der Waals surface area contributed by atoms with Gasteiger partial charge in [0.05, 0.1) is 6.07 Å². The second-order valence-corrected chi connectivity index (χ2v) is 6.15. The van der Waals surface area contributed by atoms with Crippen molar-refractivity contribution in [3.8, 4) is 6.07 Å². The van der Waals surface area contributed by atoms with Gasteiger partial charge in [-0.1, -0.05) is 48.5 Å². The average Bonchev–Trinajstić information content (AvgIpc) is 2.54. The summed E-state index contributed by atoms with van der Waals surface area (Å²) in [6.45, 7) is 0. The topological polar surface area (TPSA) is 40.9 Å². The van der Waals surface area contributed by atoms with Crippen LogP contribution in [0.5, 0.6) is 0 Å². The summed E-state index contributed by atoms with van der Waals surface area (Å²) in [6.07, 6.45) is 0.477. The van der Waals surface area contributed by atoms with E-state index in [2.05, 4.69) is 18.2 Å². The van der Waals surface area contributed by atoms with E-state index in [1.165, 1.54) is 11.1 Å². The number of hydrogen-bond acceptors (Lipinski definition) is 2. The molecule has 0 aliphatic heterocycles. The molecular formula is C18H12ClNO. The van der Waals surface area contributed by atoms with E-state index < -0.39 is 10.7 Å². The number of nitriles is 1. The molecule has 5 rings (SSSR count). The van der Waals surface area contributed by atoms with Crippen molar-refractivity contribution >= 4 is 16.8 Å². The maximum Gasteiger partial charge on any atom is 0.242 e. The molecule has 2 bridgehead atoms. The molecule has 2 nitrogen and oxygen atoms in total. The van der Waals surface area contributed by atoms with Gasteiger partial charge in [0, 0.05) is 11.8 Å². The van der Waals surface area contributed by atoms with Crippen molar-refractivity contribution in [1.82, 2.24) is 0 Å². The molecule has 21 heavy (non-hydrogen) atoms. The van der Waals surface area contributed by atoms with Gasteiger partial charge in [-0.25, -0.2) is 0 Å². The molecule has 0 amide bonds. The number of hydrogen-bond donors (Lipinski definition) is 0. The van der Waals surface area contributed by atoms with Crippen LogP contribution in [0.15, 0.2) is 48.5 Å². The van der Waals surface area contributed by atoms with Crippen LogP contribution in [0.1, 0.15) is 40.5 Å². The molecule has 2 aromatic rings. The molecule has 0 saturated heterocycles. The highest BCUT2D eigenvalue weighted by Crippen LogP contribution is 2.61. The minimum absolute atomic E-state index is 0.0738. The number of carbonyl (C=O) groups excluding carboxylic acids is 1. The third-order valence-electron chi connectivity index (χ3n) is 4.93. The molecule has 0 spiro atoms. The molecule has 2 aromatic carbocycles. The van der Waals surface area contributed by atoms with Gasteiger partial charge in [-0.3, -0.25) is 4.79 Å². The van der Waals surface area contributed by atoms with Crippen molar-refractivity contribution in [2.24, 2.45) is 5.41 Å². The quantitative estimate of drug-likeness (QED) is 0.747. The minimum atomic E-state index is -1.14. The summed E-state index contributed by atoms with van der Waals surface area (Å²) in [7, 11) is 0. The van der Waals surface area contributed by atoms with E-state index in [0.717, 1.165) is 11.1 Å². The monoisotopic (exact) mass is 293 g/mol. The largest absolute Gasteiger partial charge is 0.279 e. The molecule has 1 atom stereocenters. The third-order valence-corrected chi connectivity index (χ3v) is 5.27. The summed E-state index contributed by atoms with van der Waals surface area (Å²) >= 11 is 5.88. The zero-order valence-electron chi connectivity index (χ0n) is 11.2. The van der Waals surface area contributed by atoms with Gasteiger partial charge >= 0.3 is 0 Å². The number of nitrogens with zero attached hydrogens (tertiary/aromatic N) is 1. The van der Waals surface area contributed by atoms with Crippen molar-refractivity contribution in [2.45, 2.75) is 18.3 Å². The van der Waals surface area contributed by atoms with Crippen LogP contribution in [0.3, 0.4) is 0 Å². The first-order chi connectivity index (χ1) is 10.2. The van der Waals surface area contributed by atoms with Gasteiger partial charge in [0.1, 0.15) is 5.41 Å². The Morgan fingerprint density at radius 1 is 1.05 bits per heavy atom. The Labute approximate surface area is 128 Å². The second kappa shape index (κ2) is 4.19. The lowest BCUT2D eigenvalue weighted by Gasteiger charge is -2.48. The van der Waals surface area contributed by atoms with Gasteiger partial charge in [-0.05, 0) is 40.3 Å². The van der Waals surface area contributed by atoms with Crippen molar-refractivity contribution in [3.63, 3.8) is 0 Å². The fraction of sp³-hybridized carbons (Fsp3) is 0.222. The van der Waals surface area contributed by atoms with Crippen LogP contribution < -0.4 is 0 Å². The number of carbonyl (C=O) groups is 1. The predicted molar refractivity (Wildman–Crippen MR) is 80.1 cm³/mol. The van der Waals surface area contributed by atoms with Crippen LogP contribution in [0.4, 0.5) is 0 Å². The first-order valence-corrected chi connectivity index (χ1v) is 7.35. The van der Waals surface area contributed by atoms with Gasteiger partial charge in [-0.15, -0.1) is 0 Å². The van der Waals surface area contributed by atoms with Gasteiger partial charge in [0.25, 0.3) is 0 Å². The van der Waals surface area contributed by atoms with Crippen LogP contribution in [-0.4, -0.2) is 5.24 Å². The summed E-state index contributed by atoms with van der Waals surface area (Å²) in [6, 6.07) is 18.4. The van der Waals surface area contributed by atoms with Crippen molar-refractivity contribution in [3.05, 3.63) is 70.8 Å². The Hall–Kier alpha value is -2.11. The molecule has 0 heterocycles. The molecule has 102 valence electrons. The van der Waals surface area contributed by atoms with E-state index in [1.54, 1.807) is 0 Å². The molecule has 0 unspecified atom stereocenters. The van der Waals surface area contributed by atoms with Crippen molar-refractivity contribution in [1.29, 1.82) is 5.26 Å². The van der Waals surface area contributed by atoms with Crippen molar-refractivity contribution in [2.75, 3.05) is 0 Å². The highest BCUT2D eigenvalue weighted by atomic mass is 35.5. The first kappa shape index (κ1) is 12.6. The Morgan fingerprint density at radius 3 is 1.95 bits per heavy atom. The lowest BCUT2D eigenvalue weighted by atomic mass is 9.53. The maximum atomic E-state index is 12.1. The number of benzene rings is 2. The average molecular weight is 294 g/mol. The SMILES string of the molecule is N#C[C@]1(C(=O)Cl)CC2c3ccccc3C1c1ccccc12. The summed E-state index contributed by atoms with van der Waals surface area (Å²) < 4.78 is 0. The van der Waals surface area contributed by atoms with Crippen molar-refractivity contribution < 1.29 is 4.79 Å². The van der Waals surface area contributed by atoms with E-state index in [4.69, 9.17) is 11.6 Å². The smallest absolute Gasteiger partial charge is 0.242 e. The van der Waals surface area contributed by atoms with Gasteiger partial charge in [0.15, 0.2) is 0 Å². The molecular weight excluding hydrogens is 282 g/mol. The summed E-state index contributed by atoms with van der Waals surface area (Å²) in [5, 5.41) is 9.19. The second-order valence-electron chi connectivity index (χ2n) is 5.80. The Morgan fingerprint density at radius 2 is 1.52 bits per heavy atom. The van der Waals surface area contributed by atoms with Gasteiger partial charge < -0.3 is 0 Å². The summed E-state index contributed by atoms with van der Waals surface area (Å²) in [4.78, 5) is 12.1. The zero-order valence-corrected chi connectivity index (χ0v) is 12.0. The van der Waals surface area contributed by atoms with Crippen LogP contribution in [-0.2, 0) is 4.79 Å². The van der Waals surface area contributed by atoms with E-state index in [9.17, 15) is 10.1 Å². The van der Waals surface area contributed by atoms with E-state index in [1.807, 2.05) is 36.4 Å². The molecule has 0 N–H and O–H groups in total. The fourth-order valence-electron chi connectivity index (χ4n) is 4.06. The van der Waals surface area contributed by atoms with E-state index in [-0.39, 0.29) is 11.8 Å². The van der Waals surface area contributed by atoms with E-state index >= 15 is 0 Å². The standard InChI is InChI=1S/C18H12ClNO/c19-17(21)18(10-20)9-15-11-5-1-3-7-13(11)16(18)14-8-4-2-6-12(14)15/h1-8,15-16H,9H2/t15?,16?,18-/m1/s1. The third kappa shape index (κ3) is 1.45. The Balaban J connectivity index is 2.08. The molecule has 3 heteroatoms. The Bertz CT molecular complexity index is 759. The normalized spacial score (nSPS) is 28.4. The number of rotatable bonds is 1. The molecule has 0 fully saturated rings. The Kier molecular flexibility index (Phi) is 2.52.